The SMILES string of the molecule is O=Cc1[nH]c(C(F)F)cc(=O)c1[N+](=O)[O-]. The van der Waals surface area contributed by atoms with Gasteiger partial charge in [-0.05, 0) is 0 Å². The zero-order valence-corrected chi connectivity index (χ0v) is 7.07. The summed E-state index contributed by atoms with van der Waals surface area (Å²) in [5.74, 6) is 0. The normalized spacial score (nSPS) is 10.3. The van der Waals surface area contributed by atoms with Gasteiger partial charge in [0.05, 0.1) is 10.6 Å². The lowest BCUT2D eigenvalue weighted by atomic mass is 10.2. The maximum atomic E-state index is 12.1. The number of aromatic amines is 1. The lowest BCUT2D eigenvalue weighted by Gasteiger charge is -2.00. The second-order valence-electron chi connectivity index (χ2n) is 2.53. The first kappa shape index (κ1) is 11.0. The van der Waals surface area contributed by atoms with Crippen LogP contribution in [0, 0.1) is 10.1 Å². The summed E-state index contributed by atoms with van der Waals surface area (Å²) in [5.41, 5.74) is -3.85. The number of aldehydes is 1. The van der Waals surface area contributed by atoms with Crippen LogP contribution in [0.15, 0.2) is 10.9 Å². The smallest absolute Gasteiger partial charge is 0.342 e. The van der Waals surface area contributed by atoms with E-state index in [4.69, 9.17) is 0 Å². The number of hydrogen-bond donors (Lipinski definition) is 1. The van der Waals surface area contributed by atoms with Crippen molar-refractivity contribution in [2.45, 2.75) is 6.43 Å². The van der Waals surface area contributed by atoms with E-state index in [1.807, 2.05) is 4.98 Å². The summed E-state index contributed by atoms with van der Waals surface area (Å²) >= 11 is 0. The van der Waals surface area contributed by atoms with Crippen molar-refractivity contribution in [1.29, 1.82) is 0 Å². The molecule has 1 rings (SSSR count). The Labute approximate surface area is 80.7 Å². The predicted molar refractivity (Wildman–Crippen MR) is 44.1 cm³/mol. The summed E-state index contributed by atoms with van der Waals surface area (Å²) in [7, 11) is 0. The van der Waals surface area contributed by atoms with Gasteiger partial charge < -0.3 is 4.98 Å². The number of nitro groups is 1. The number of halogens is 2. The van der Waals surface area contributed by atoms with E-state index >= 15 is 0 Å². The summed E-state index contributed by atoms with van der Waals surface area (Å²) in [6.07, 6.45) is -3.05. The molecule has 0 spiro atoms. The number of nitrogens with zero attached hydrogens (tertiary/aromatic N) is 1. The molecule has 15 heavy (non-hydrogen) atoms. The Hall–Kier alpha value is -2.12. The molecule has 8 heteroatoms. The number of aromatic nitrogens is 1. The number of alkyl halides is 2. The molecule has 0 atom stereocenters. The summed E-state index contributed by atoms with van der Waals surface area (Å²) in [4.78, 5) is 32.4. The van der Waals surface area contributed by atoms with Gasteiger partial charge in [0.2, 0.25) is 0 Å². The summed E-state index contributed by atoms with van der Waals surface area (Å²) < 4.78 is 24.3. The standard InChI is InChI=1S/C7H4F2N2O4/c8-7(9)3-1-5(13)6(11(14)15)4(2-12)10-3/h1-2,7H,(H,10,13). The minimum atomic E-state index is -3.00. The Kier molecular flexibility index (Phi) is 2.88. The van der Waals surface area contributed by atoms with Gasteiger partial charge >= 0.3 is 5.69 Å². The molecular weight excluding hydrogens is 214 g/mol. The van der Waals surface area contributed by atoms with Crippen molar-refractivity contribution in [3.63, 3.8) is 0 Å². The lowest BCUT2D eigenvalue weighted by Crippen LogP contribution is -2.14. The van der Waals surface area contributed by atoms with E-state index < -0.39 is 33.9 Å². The zero-order valence-electron chi connectivity index (χ0n) is 7.07. The molecule has 1 N–H and O–H groups in total. The first-order valence-electron chi connectivity index (χ1n) is 3.62. The van der Waals surface area contributed by atoms with Crippen molar-refractivity contribution < 1.29 is 18.5 Å². The van der Waals surface area contributed by atoms with Crippen molar-refractivity contribution in [3.8, 4) is 0 Å². The first-order valence-corrected chi connectivity index (χ1v) is 3.62. The second-order valence-corrected chi connectivity index (χ2v) is 2.53. The third-order valence-electron chi connectivity index (χ3n) is 1.59. The molecule has 1 aromatic heterocycles. The fraction of sp³-hybridized carbons (Fsp3) is 0.143. The van der Waals surface area contributed by atoms with Gasteiger partial charge in [0.1, 0.15) is 0 Å². The van der Waals surface area contributed by atoms with E-state index in [9.17, 15) is 28.5 Å². The summed E-state index contributed by atoms with van der Waals surface area (Å²) in [6, 6.07) is 0.399. The van der Waals surface area contributed by atoms with Gasteiger partial charge in [0.15, 0.2) is 12.0 Å². The Balaban J connectivity index is 3.51. The van der Waals surface area contributed by atoms with Crippen molar-refractivity contribution in [3.05, 3.63) is 37.8 Å². The van der Waals surface area contributed by atoms with Crippen LogP contribution in [0.3, 0.4) is 0 Å². The van der Waals surface area contributed by atoms with E-state index in [2.05, 4.69) is 0 Å². The summed E-state index contributed by atoms with van der Waals surface area (Å²) in [6.45, 7) is 0. The molecule has 0 radical (unpaired) electrons. The molecule has 0 unspecified atom stereocenters. The topological polar surface area (TPSA) is 93.1 Å². The average Bonchev–Trinajstić information content (AvgIpc) is 2.15. The number of nitrogens with one attached hydrogen (secondary N) is 1. The molecule has 0 aromatic carbocycles. The van der Waals surface area contributed by atoms with Crippen molar-refractivity contribution in [2.24, 2.45) is 0 Å². The average molecular weight is 218 g/mol. The molecule has 0 saturated carbocycles. The van der Waals surface area contributed by atoms with Crippen molar-refractivity contribution in [2.75, 3.05) is 0 Å². The van der Waals surface area contributed by atoms with Gasteiger partial charge in [-0.1, -0.05) is 0 Å². The highest BCUT2D eigenvalue weighted by Gasteiger charge is 2.22. The molecule has 1 aromatic rings. The lowest BCUT2D eigenvalue weighted by molar-refractivity contribution is -0.386. The molecule has 0 fully saturated rings. The molecule has 80 valence electrons. The monoisotopic (exact) mass is 218 g/mol. The van der Waals surface area contributed by atoms with E-state index in [-0.39, 0.29) is 6.29 Å². The van der Waals surface area contributed by atoms with Crippen LogP contribution < -0.4 is 5.43 Å². The van der Waals surface area contributed by atoms with Crippen LogP contribution in [0.1, 0.15) is 22.6 Å². The Morgan fingerprint density at radius 1 is 1.53 bits per heavy atom. The molecule has 0 bridgehead atoms. The molecule has 6 nitrogen and oxygen atoms in total. The Morgan fingerprint density at radius 3 is 2.53 bits per heavy atom. The van der Waals surface area contributed by atoms with E-state index in [1.54, 1.807) is 0 Å². The van der Waals surface area contributed by atoms with Crippen LogP contribution >= 0.6 is 0 Å². The number of hydrogen-bond acceptors (Lipinski definition) is 4. The first-order chi connectivity index (χ1) is 6.97. The van der Waals surface area contributed by atoms with Crippen LogP contribution in [0.2, 0.25) is 0 Å². The maximum Gasteiger partial charge on any atom is 0.342 e. The van der Waals surface area contributed by atoms with E-state index in [1.165, 1.54) is 0 Å². The highest BCUT2D eigenvalue weighted by molar-refractivity contribution is 5.78. The third-order valence-corrected chi connectivity index (χ3v) is 1.59. The molecular formula is C7H4F2N2O4. The van der Waals surface area contributed by atoms with Gasteiger partial charge in [0.25, 0.3) is 11.9 Å². The van der Waals surface area contributed by atoms with Gasteiger partial charge in [-0.25, -0.2) is 8.78 Å². The second kappa shape index (κ2) is 3.95. The highest BCUT2D eigenvalue weighted by atomic mass is 19.3. The van der Waals surface area contributed by atoms with Gasteiger partial charge in [-0.3, -0.25) is 19.7 Å². The van der Waals surface area contributed by atoms with Crippen LogP contribution in [-0.2, 0) is 0 Å². The number of pyridine rings is 1. The van der Waals surface area contributed by atoms with E-state index in [0.29, 0.717) is 6.07 Å². The minimum absolute atomic E-state index is 0.0502. The fourth-order valence-corrected chi connectivity index (χ4v) is 0.984. The largest absolute Gasteiger partial charge is 0.346 e. The Morgan fingerprint density at radius 2 is 2.13 bits per heavy atom. The van der Waals surface area contributed by atoms with Gasteiger partial charge in [-0.15, -0.1) is 0 Å². The number of rotatable bonds is 3. The highest BCUT2D eigenvalue weighted by Crippen LogP contribution is 2.17. The van der Waals surface area contributed by atoms with Crippen LogP contribution in [0.25, 0.3) is 0 Å². The van der Waals surface area contributed by atoms with Gasteiger partial charge in [-0.2, -0.15) is 0 Å². The Bertz CT molecular complexity index is 469. The van der Waals surface area contributed by atoms with Crippen LogP contribution in [0.5, 0.6) is 0 Å². The van der Waals surface area contributed by atoms with Gasteiger partial charge in [0, 0.05) is 6.07 Å². The fourth-order valence-electron chi connectivity index (χ4n) is 0.984. The molecule has 0 aliphatic carbocycles. The molecule has 1 heterocycles. The third kappa shape index (κ3) is 2.03. The molecule has 0 saturated heterocycles. The molecule has 0 aliphatic rings. The summed E-state index contributed by atoms with van der Waals surface area (Å²) in [5, 5.41) is 10.3. The van der Waals surface area contributed by atoms with Crippen molar-refractivity contribution >= 4 is 12.0 Å². The van der Waals surface area contributed by atoms with E-state index in [0.717, 1.165) is 0 Å². The van der Waals surface area contributed by atoms with Crippen LogP contribution in [0.4, 0.5) is 14.5 Å². The number of H-pyrrole nitrogens is 1. The number of carbonyl (C=O) groups is 1. The quantitative estimate of drug-likeness (QED) is 0.465. The van der Waals surface area contributed by atoms with Crippen molar-refractivity contribution in [1.82, 2.24) is 4.98 Å². The number of carbonyl (C=O) groups excluding carboxylic acids is 1. The maximum absolute atomic E-state index is 12.1. The zero-order chi connectivity index (χ0) is 11.6. The molecule has 0 amide bonds. The predicted octanol–water partition coefficient (Wildman–Crippen LogP) is 1.03. The van der Waals surface area contributed by atoms with Crippen LogP contribution in [-0.4, -0.2) is 16.2 Å². The minimum Gasteiger partial charge on any atom is -0.346 e. The molecule has 0 aliphatic heterocycles.